The molecule has 4 nitrogen and oxygen atoms in total. The Balaban J connectivity index is 1.59. The molecule has 0 bridgehead atoms. The Morgan fingerprint density at radius 1 is 0.931 bits per heavy atom. The molecular weight excluding hydrogens is 386 g/mol. The molecule has 0 spiro atoms. The molecule has 4 aromatic rings. The minimum Gasteiger partial charge on any atom is -0.456 e. The molecule has 5 heteroatoms. The smallest absolute Gasteiger partial charge is 0.255 e. The second-order valence-electron chi connectivity index (χ2n) is 6.97. The topological polar surface area (TPSA) is 59.3 Å². The molecule has 0 fully saturated rings. The standard InChI is InChI=1S/C24H18ClNO3/c1-14-3-10-22-19(11-14)21(27)13-23(29-22)16-5-7-17(8-6-16)24(28)26-18-9-4-15(2)20(25)12-18/h3-13H,1-2H3,(H,26,28). The van der Waals surface area contributed by atoms with Gasteiger partial charge in [0.05, 0.1) is 5.39 Å². The number of anilines is 1. The lowest BCUT2D eigenvalue weighted by Crippen LogP contribution is -2.11. The molecule has 0 saturated heterocycles. The molecular formula is C24H18ClNO3. The summed E-state index contributed by atoms with van der Waals surface area (Å²) in [7, 11) is 0. The van der Waals surface area contributed by atoms with Gasteiger partial charge in [-0.1, -0.05) is 41.4 Å². The zero-order chi connectivity index (χ0) is 20.5. The van der Waals surface area contributed by atoms with Gasteiger partial charge in [-0.05, 0) is 55.8 Å². The summed E-state index contributed by atoms with van der Waals surface area (Å²) in [6, 6.07) is 19.3. The maximum atomic E-state index is 12.5. The van der Waals surface area contributed by atoms with Crippen molar-refractivity contribution in [1.29, 1.82) is 0 Å². The molecule has 0 aliphatic heterocycles. The first-order valence-electron chi connectivity index (χ1n) is 9.13. The van der Waals surface area contributed by atoms with Gasteiger partial charge in [-0.3, -0.25) is 9.59 Å². The fourth-order valence-electron chi connectivity index (χ4n) is 3.07. The molecule has 4 rings (SSSR count). The van der Waals surface area contributed by atoms with Gasteiger partial charge in [0, 0.05) is 27.9 Å². The Morgan fingerprint density at radius 3 is 2.41 bits per heavy atom. The second kappa shape index (κ2) is 7.57. The monoisotopic (exact) mass is 403 g/mol. The third kappa shape index (κ3) is 3.93. The molecule has 3 aromatic carbocycles. The third-order valence-electron chi connectivity index (χ3n) is 4.74. The van der Waals surface area contributed by atoms with E-state index in [9.17, 15) is 9.59 Å². The van der Waals surface area contributed by atoms with Gasteiger partial charge >= 0.3 is 0 Å². The van der Waals surface area contributed by atoms with Crippen molar-refractivity contribution in [2.45, 2.75) is 13.8 Å². The Kier molecular flexibility index (Phi) is 4.95. The van der Waals surface area contributed by atoms with Crippen LogP contribution in [0.4, 0.5) is 5.69 Å². The van der Waals surface area contributed by atoms with Gasteiger partial charge in [0.1, 0.15) is 11.3 Å². The average Bonchev–Trinajstić information content (AvgIpc) is 2.71. The van der Waals surface area contributed by atoms with Gasteiger partial charge < -0.3 is 9.73 Å². The third-order valence-corrected chi connectivity index (χ3v) is 5.15. The van der Waals surface area contributed by atoms with Crippen molar-refractivity contribution in [3.63, 3.8) is 0 Å². The molecule has 1 amide bonds. The van der Waals surface area contributed by atoms with E-state index in [-0.39, 0.29) is 11.3 Å². The van der Waals surface area contributed by atoms with E-state index >= 15 is 0 Å². The number of carbonyl (C=O) groups is 1. The summed E-state index contributed by atoms with van der Waals surface area (Å²) >= 11 is 6.11. The Bertz CT molecular complexity index is 1290. The van der Waals surface area contributed by atoms with Crippen LogP contribution in [0.2, 0.25) is 5.02 Å². The van der Waals surface area contributed by atoms with Crippen molar-refractivity contribution in [2.24, 2.45) is 0 Å². The highest BCUT2D eigenvalue weighted by Gasteiger charge is 2.10. The number of fused-ring (bicyclic) bond motifs is 1. The number of rotatable bonds is 3. The van der Waals surface area contributed by atoms with Gasteiger partial charge in [0.15, 0.2) is 5.43 Å². The van der Waals surface area contributed by atoms with Crippen LogP contribution in [-0.4, -0.2) is 5.91 Å². The molecule has 0 unspecified atom stereocenters. The zero-order valence-electron chi connectivity index (χ0n) is 16.0. The molecule has 0 aliphatic rings. The number of amides is 1. The quantitative estimate of drug-likeness (QED) is 0.457. The minimum absolute atomic E-state index is 0.0944. The summed E-state index contributed by atoms with van der Waals surface area (Å²) in [5.41, 5.74) is 4.23. The van der Waals surface area contributed by atoms with E-state index in [2.05, 4.69) is 5.32 Å². The molecule has 0 atom stereocenters. The lowest BCUT2D eigenvalue weighted by Gasteiger charge is -2.08. The molecule has 1 heterocycles. The van der Waals surface area contributed by atoms with Crippen LogP contribution in [0.25, 0.3) is 22.3 Å². The van der Waals surface area contributed by atoms with Crippen molar-refractivity contribution in [1.82, 2.24) is 0 Å². The van der Waals surface area contributed by atoms with E-state index in [0.717, 1.165) is 16.7 Å². The summed E-state index contributed by atoms with van der Waals surface area (Å²) in [6.07, 6.45) is 0. The van der Waals surface area contributed by atoms with Crippen molar-refractivity contribution >= 4 is 34.2 Å². The fourth-order valence-corrected chi connectivity index (χ4v) is 3.25. The first kappa shape index (κ1) is 19.0. The first-order valence-corrected chi connectivity index (χ1v) is 9.51. The van der Waals surface area contributed by atoms with E-state index < -0.39 is 0 Å². The van der Waals surface area contributed by atoms with Gasteiger partial charge in [0.2, 0.25) is 0 Å². The Morgan fingerprint density at radius 2 is 1.69 bits per heavy atom. The molecule has 1 N–H and O–H groups in total. The maximum Gasteiger partial charge on any atom is 0.255 e. The van der Waals surface area contributed by atoms with Crippen LogP contribution in [-0.2, 0) is 0 Å². The molecule has 0 radical (unpaired) electrons. The number of carbonyl (C=O) groups excluding carboxylic acids is 1. The fraction of sp³-hybridized carbons (Fsp3) is 0.0833. The van der Waals surface area contributed by atoms with Gasteiger partial charge in [0.25, 0.3) is 5.91 Å². The largest absolute Gasteiger partial charge is 0.456 e. The van der Waals surface area contributed by atoms with E-state index in [1.807, 2.05) is 32.0 Å². The van der Waals surface area contributed by atoms with Crippen LogP contribution in [0.5, 0.6) is 0 Å². The number of aryl methyl sites for hydroxylation is 2. The van der Waals surface area contributed by atoms with Gasteiger partial charge in [-0.2, -0.15) is 0 Å². The van der Waals surface area contributed by atoms with Crippen LogP contribution in [0.15, 0.2) is 75.9 Å². The number of halogens is 1. The van der Waals surface area contributed by atoms with Crippen LogP contribution >= 0.6 is 11.6 Å². The van der Waals surface area contributed by atoms with Crippen molar-refractivity contribution in [3.8, 4) is 11.3 Å². The van der Waals surface area contributed by atoms with Crippen molar-refractivity contribution in [2.75, 3.05) is 5.32 Å². The van der Waals surface area contributed by atoms with E-state index in [4.69, 9.17) is 16.0 Å². The van der Waals surface area contributed by atoms with Gasteiger partial charge in [-0.15, -0.1) is 0 Å². The van der Waals surface area contributed by atoms with Crippen molar-refractivity contribution in [3.05, 3.63) is 98.7 Å². The number of hydrogen-bond donors (Lipinski definition) is 1. The van der Waals surface area contributed by atoms with Crippen LogP contribution in [0.3, 0.4) is 0 Å². The van der Waals surface area contributed by atoms with E-state index in [1.165, 1.54) is 6.07 Å². The molecule has 0 aliphatic carbocycles. The summed E-state index contributed by atoms with van der Waals surface area (Å²) in [6.45, 7) is 3.83. The summed E-state index contributed by atoms with van der Waals surface area (Å²) in [4.78, 5) is 24.9. The lowest BCUT2D eigenvalue weighted by atomic mass is 10.1. The predicted molar refractivity (Wildman–Crippen MR) is 117 cm³/mol. The van der Waals surface area contributed by atoms with Crippen molar-refractivity contribution < 1.29 is 9.21 Å². The van der Waals surface area contributed by atoms with Crippen LogP contribution in [0, 0.1) is 13.8 Å². The first-order chi connectivity index (χ1) is 13.9. The maximum absolute atomic E-state index is 12.5. The molecule has 29 heavy (non-hydrogen) atoms. The van der Waals surface area contributed by atoms with Crippen LogP contribution in [0.1, 0.15) is 21.5 Å². The van der Waals surface area contributed by atoms with Gasteiger partial charge in [-0.25, -0.2) is 0 Å². The summed E-state index contributed by atoms with van der Waals surface area (Å²) < 4.78 is 5.89. The highest BCUT2D eigenvalue weighted by Crippen LogP contribution is 2.24. The highest BCUT2D eigenvalue weighted by atomic mass is 35.5. The highest BCUT2D eigenvalue weighted by molar-refractivity contribution is 6.31. The molecule has 144 valence electrons. The normalized spacial score (nSPS) is 10.9. The predicted octanol–water partition coefficient (Wildman–Crippen LogP) is 5.98. The average molecular weight is 404 g/mol. The lowest BCUT2D eigenvalue weighted by molar-refractivity contribution is 0.102. The molecule has 0 saturated carbocycles. The number of nitrogens with one attached hydrogen (secondary N) is 1. The number of hydrogen-bond acceptors (Lipinski definition) is 3. The zero-order valence-corrected chi connectivity index (χ0v) is 16.7. The SMILES string of the molecule is Cc1ccc2oc(-c3ccc(C(=O)Nc4ccc(C)c(Cl)c4)cc3)cc(=O)c2c1. The minimum atomic E-state index is -0.244. The summed E-state index contributed by atoms with van der Waals surface area (Å²) in [5.74, 6) is 0.218. The van der Waals surface area contributed by atoms with Crippen LogP contribution < -0.4 is 10.7 Å². The summed E-state index contributed by atoms with van der Waals surface area (Å²) in [5, 5.41) is 3.98. The number of benzene rings is 3. The second-order valence-corrected chi connectivity index (χ2v) is 7.38. The Labute approximate surface area is 172 Å². The van der Waals surface area contributed by atoms with E-state index in [0.29, 0.717) is 33.0 Å². The van der Waals surface area contributed by atoms with E-state index in [1.54, 1.807) is 42.5 Å². The molecule has 1 aromatic heterocycles. The Hall–Kier alpha value is -3.37.